The molecule has 0 N–H and O–H groups in total. The first-order chi connectivity index (χ1) is 11.8. The predicted molar refractivity (Wildman–Crippen MR) is 103 cm³/mol. The fraction of sp³-hybridized carbons (Fsp3) is 0.300. The molecule has 0 amide bonds. The molecule has 0 saturated carbocycles. The lowest BCUT2D eigenvalue weighted by Gasteiger charge is -2.10. The molecule has 132 valence electrons. The van der Waals surface area contributed by atoms with E-state index in [9.17, 15) is 4.79 Å². The van der Waals surface area contributed by atoms with Crippen molar-refractivity contribution in [1.82, 2.24) is 9.55 Å². The number of nitrogens with zero attached hydrogens (tertiary/aromatic N) is 2. The van der Waals surface area contributed by atoms with Crippen molar-refractivity contribution in [2.75, 3.05) is 7.11 Å². The lowest BCUT2D eigenvalue weighted by Crippen LogP contribution is -2.04. The number of carbonyl (C=O) groups excluding carboxylic acids is 1. The Morgan fingerprint density at radius 2 is 2.00 bits per heavy atom. The van der Waals surface area contributed by atoms with Gasteiger partial charge in [-0.3, -0.25) is 4.79 Å². The van der Waals surface area contributed by atoms with Gasteiger partial charge in [-0.25, -0.2) is 4.98 Å². The summed E-state index contributed by atoms with van der Waals surface area (Å²) < 4.78 is 7.19. The Morgan fingerprint density at radius 3 is 2.56 bits per heavy atom. The summed E-state index contributed by atoms with van der Waals surface area (Å²) in [5.41, 5.74) is 5.09. The van der Waals surface area contributed by atoms with Gasteiger partial charge < -0.3 is 9.30 Å². The van der Waals surface area contributed by atoms with Gasteiger partial charge in [0.2, 0.25) is 0 Å². The Balaban J connectivity index is 2.59. The fourth-order valence-corrected chi connectivity index (χ4v) is 3.17. The molecule has 0 aromatic carbocycles. The first kappa shape index (κ1) is 19.0. The van der Waals surface area contributed by atoms with E-state index in [4.69, 9.17) is 16.3 Å². The van der Waals surface area contributed by atoms with Crippen molar-refractivity contribution in [2.45, 2.75) is 34.2 Å². The van der Waals surface area contributed by atoms with E-state index in [1.165, 1.54) is 0 Å². The van der Waals surface area contributed by atoms with Gasteiger partial charge in [-0.15, -0.1) is 0 Å². The van der Waals surface area contributed by atoms with Crippen LogP contribution < -0.4 is 0 Å². The number of ether oxygens (including phenoxy) is 1. The Kier molecular flexibility index (Phi) is 5.85. The predicted octanol–water partition coefficient (Wildman–Crippen LogP) is 5.09. The minimum Gasteiger partial charge on any atom is -0.497 e. The summed E-state index contributed by atoms with van der Waals surface area (Å²) in [6, 6.07) is 0. The standard InChI is InChI=1S/C20H23ClN2O2/c1-7-16(9-8-12(2)25-6)10-23-15(5)13(3)18-19(21)17(11-24)14(4)22-20(18)23/h7-9,11H,2,10H2,1,3-6H3/b9-8-,16-7+. The molecule has 2 heterocycles. The molecule has 0 fully saturated rings. The minimum absolute atomic E-state index is 0.456. The average Bonchev–Trinajstić information content (AvgIpc) is 2.82. The van der Waals surface area contributed by atoms with Gasteiger partial charge in [-0.1, -0.05) is 30.3 Å². The highest BCUT2D eigenvalue weighted by Gasteiger charge is 2.19. The number of aryl methyl sites for hydroxylation is 2. The van der Waals surface area contributed by atoms with E-state index in [-0.39, 0.29) is 0 Å². The average molecular weight is 359 g/mol. The van der Waals surface area contributed by atoms with Crippen molar-refractivity contribution in [3.63, 3.8) is 0 Å². The fourth-order valence-electron chi connectivity index (χ4n) is 2.76. The molecule has 5 heteroatoms. The molecule has 0 saturated heterocycles. The summed E-state index contributed by atoms with van der Waals surface area (Å²) in [6.45, 7) is 12.3. The smallest absolute Gasteiger partial charge is 0.153 e. The van der Waals surface area contributed by atoms with E-state index >= 15 is 0 Å². The zero-order chi connectivity index (χ0) is 18.7. The molecule has 2 rings (SSSR count). The Bertz CT molecular complexity index is 905. The van der Waals surface area contributed by atoms with Crippen molar-refractivity contribution >= 4 is 28.9 Å². The normalized spacial score (nSPS) is 12.2. The number of carbonyl (C=O) groups is 1. The SMILES string of the molecule is C=C(/C=C\C(=C/C)Cn1c(C)c(C)c2c(Cl)c(C=O)c(C)nc21)OC. The van der Waals surface area contributed by atoms with Gasteiger partial charge in [0.25, 0.3) is 0 Å². The van der Waals surface area contributed by atoms with Crippen LogP contribution in [0.4, 0.5) is 0 Å². The van der Waals surface area contributed by atoms with Crippen LogP contribution in [0.1, 0.15) is 34.2 Å². The quantitative estimate of drug-likeness (QED) is 0.410. The summed E-state index contributed by atoms with van der Waals surface area (Å²) in [5, 5.41) is 1.31. The van der Waals surface area contributed by atoms with Crippen LogP contribution in [0.3, 0.4) is 0 Å². The Hall–Kier alpha value is -2.33. The number of rotatable bonds is 6. The largest absolute Gasteiger partial charge is 0.497 e. The van der Waals surface area contributed by atoms with Crippen LogP contribution in [0, 0.1) is 20.8 Å². The van der Waals surface area contributed by atoms with Crippen LogP contribution in [0.2, 0.25) is 5.02 Å². The number of aldehydes is 1. The van der Waals surface area contributed by atoms with Crippen LogP contribution >= 0.6 is 11.6 Å². The summed E-state index contributed by atoms with van der Waals surface area (Å²) >= 11 is 6.49. The molecule has 0 spiro atoms. The van der Waals surface area contributed by atoms with Gasteiger partial charge in [0.1, 0.15) is 11.4 Å². The van der Waals surface area contributed by atoms with Crippen LogP contribution in [0.25, 0.3) is 11.0 Å². The highest BCUT2D eigenvalue weighted by Crippen LogP contribution is 2.33. The zero-order valence-electron chi connectivity index (χ0n) is 15.3. The summed E-state index contributed by atoms with van der Waals surface area (Å²) in [5.74, 6) is 0.595. The first-order valence-electron chi connectivity index (χ1n) is 8.02. The maximum absolute atomic E-state index is 11.3. The van der Waals surface area contributed by atoms with Crippen molar-refractivity contribution in [3.8, 4) is 0 Å². The lowest BCUT2D eigenvalue weighted by molar-refractivity contribution is 0.112. The number of hydrogen-bond donors (Lipinski definition) is 0. The second-order valence-corrected chi connectivity index (χ2v) is 6.28. The number of fused-ring (bicyclic) bond motifs is 1. The second-order valence-electron chi connectivity index (χ2n) is 5.91. The Labute approximate surface area is 153 Å². The van der Waals surface area contributed by atoms with Gasteiger partial charge in [0.05, 0.1) is 23.4 Å². The molecule has 4 nitrogen and oxygen atoms in total. The van der Waals surface area contributed by atoms with E-state index in [1.54, 1.807) is 14.0 Å². The van der Waals surface area contributed by atoms with E-state index in [1.807, 2.05) is 39.0 Å². The number of hydrogen-bond acceptors (Lipinski definition) is 3. The molecular weight excluding hydrogens is 336 g/mol. The number of halogens is 1. The molecule has 0 aliphatic heterocycles. The summed E-state index contributed by atoms with van der Waals surface area (Å²) in [4.78, 5) is 16.0. The van der Waals surface area contributed by atoms with Gasteiger partial charge in [0, 0.05) is 17.6 Å². The van der Waals surface area contributed by atoms with Crippen molar-refractivity contribution in [3.05, 3.63) is 63.7 Å². The maximum Gasteiger partial charge on any atom is 0.153 e. The highest BCUT2D eigenvalue weighted by atomic mass is 35.5. The third-order valence-electron chi connectivity index (χ3n) is 4.50. The molecule has 2 aromatic rings. The van der Waals surface area contributed by atoms with E-state index < -0.39 is 0 Å². The molecule has 0 unspecified atom stereocenters. The van der Waals surface area contributed by atoms with Crippen molar-refractivity contribution in [1.29, 1.82) is 0 Å². The third-order valence-corrected chi connectivity index (χ3v) is 4.89. The molecule has 0 radical (unpaired) electrons. The molecular formula is C20H23ClN2O2. The number of aromatic nitrogens is 2. The minimum atomic E-state index is 0.456. The Morgan fingerprint density at radius 1 is 1.32 bits per heavy atom. The van der Waals surface area contributed by atoms with Gasteiger partial charge >= 0.3 is 0 Å². The number of allylic oxidation sites excluding steroid dienone is 4. The maximum atomic E-state index is 11.3. The number of methoxy groups -OCH3 is 1. The van der Waals surface area contributed by atoms with Crippen LogP contribution in [0.5, 0.6) is 0 Å². The molecule has 0 atom stereocenters. The first-order valence-corrected chi connectivity index (χ1v) is 8.40. The zero-order valence-corrected chi connectivity index (χ0v) is 16.1. The lowest BCUT2D eigenvalue weighted by atomic mass is 10.1. The van der Waals surface area contributed by atoms with Crippen LogP contribution in [-0.2, 0) is 11.3 Å². The van der Waals surface area contributed by atoms with Gasteiger partial charge in [-0.2, -0.15) is 0 Å². The highest BCUT2D eigenvalue weighted by molar-refractivity contribution is 6.38. The van der Waals surface area contributed by atoms with E-state index in [0.29, 0.717) is 28.6 Å². The summed E-state index contributed by atoms with van der Waals surface area (Å²) in [6.07, 6.45) is 6.61. The molecule has 0 bridgehead atoms. The second kappa shape index (κ2) is 7.70. The molecule has 0 aliphatic carbocycles. The summed E-state index contributed by atoms with van der Waals surface area (Å²) in [7, 11) is 1.59. The topological polar surface area (TPSA) is 44.1 Å². The number of pyridine rings is 1. The van der Waals surface area contributed by atoms with Crippen molar-refractivity contribution in [2.24, 2.45) is 0 Å². The van der Waals surface area contributed by atoms with Crippen LogP contribution in [-0.4, -0.2) is 22.9 Å². The molecule has 25 heavy (non-hydrogen) atoms. The van der Waals surface area contributed by atoms with Gasteiger partial charge in [-0.05, 0) is 44.9 Å². The monoisotopic (exact) mass is 358 g/mol. The van der Waals surface area contributed by atoms with Gasteiger partial charge in [0.15, 0.2) is 6.29 Å². The van der Waals surface area contributed by atoms with E-state index in [0.717, 1.165) is 34.2 Å². The van der Waals surface area contributed by atoms with Crippen LogP contribution in [0.15, 0.2) is 36.1 Å². The molecule has 2 aromatic heterocycles. The third kappa shape index (κ3) is 3.54. The van der Waals surface area contributed by atoms with Crippen molar-refractivity contribution < 1.29 is 9.53 Å². The van der Waals surface area contributed by atoms with E-state index in [2.05, 4.69) is 16.1 Å². The molecule has 0 aliphatic rings.